The maximum atomic E-state index is 13.1. The highest BCUT2D eigenvalue weighted by atomic mass is 32.2. The maximum Gasteiger partial charge on any atom is 0.278 e. The summed E-state index contributed by atoms with van der Waals surface area (Å²) in [6.45, 7) is 0.247. The van der Waals surface area contributed by atoms with Gasteiger partial charge in [-0.2, -0.15) is 0 Å². The van der Waals surface area contributed by atoms with Crippen molar-refractivity contribution in [2.24, 2.45) is 0 Å². The Morgan fingerprint density at radius 3 is 1.93 bits per heavy atom. The first-order chi connectivity index (χ1) is 13.7. The standard InChI is InChI=1S/C23H18N2O2S/c26-22-20(24-18-12-6-2-7-13-18)21(28-19-14-8-3-9-15-19)23(27)25(22)16-17-10-4-1-5-11-17/h1-15,24H,16H2. The third-order valence-corrected chi connectivity index (χ3v) is 5.41. The minimum atomic E-state index is -0.309. The minimum absolute atomic E-state index is 0.247. The molecule has 4 nitrogen and oxygen atoms in total. The zero-order chi connectivity index (χ0) is 19.3. The fraction of sp³-hybridized carbons (Fsp3) is 0.0435. The summed E-state index contributed by atoms with van der Waals surface area (Å²) in [5.41, 5.74) is 2.00. The molecule has 138 valence electrons. The molecule has 3 aromatic carbocycles. The molecular formula is C23H18N2O2S. The van der Waals surface area contributed by atoms with Crippen molar-refractivity contribution in [3.63, 3.8) is 0 Å². The Bertz CT molecular complexity index is 955. The highest BCUT2D eigenvalue weighted by Crippen LogP contribution is 2.36. The van der Waals surface area contributed by atoms with E-state index in [4.69, 9.17) is 0 Å². The molecule has 1 aliphatic rings. The van der Waals surface area contributed by atoms with Gasteiger partial charge < -0.3 is 5.32 Å². The molecule has 0 spiro atoms. The number of hydrogen-bond acceptors (Lipinski definition) is 4. The molecule has 0 aliphatic carbocycles. The topological polar surface area (TPSA) is 49.4 Å². The fourth-order valence-electron chi connectivity index (χ4n) is 2.94. The number of anilines is 1. The van der Waals surface area contributed by atoms with Gasteiger partial charge >= 0.3 is 0 Å². The number of nitrogens with zero attached hydrogens (tertiary/aromatic N) is 1. The van der Waals surface area contributed by atoms with Gasteiger partial charge in [-0.15, -0.1) is 0 Å². The number of hydrogen-bond donors (Lipinski definition) is 1. The van der Waals surface area contributed by atoms with Crippen molar-refractivity contribution in [3.8, 4) is 0 Å². The number of para-hydroxylation sites is 1. The molecule has 0 radical (unpaired) electrons. The molecule has 1 N–H and O–H groups in total. The second kappa shape index (κ2) is 8.15. The molecule has 0 unspecified atom stereocenters. The Morgan fingerprint density at radius 1 is 0.714 bits per heavy atom. The van der Waals surface area contributed by atoms with E-state index in [0.29, 0.717) is 10.6 Å². The third kappa shape index (κ3) is 3.85. The van der Waals surface area contributed by atoms with Crippen molar-refractivity contribution in [2.75, 3.05) is 5.32 Å². The van der Waals surface area contributed by atoms with Gasteiger partial charge in [0.05, 0.1) is 6.54 Å². The van der Waals surface area contributed by atoms with Gasteiger partial charge in [0.1, 0.15) is 10.6 Å². The van der Waals surface area contributed by atoms with Crippen LogP contribution in [0.25, 0.3) is 0 Å². The lowest BCUT2D eigenvalue weighted by Crippen LogP contribution is -2.31. The average Bonchev–Trinajstić information content (AvgIpc) is 2.95. The Labute approximate surface area is 167 Å². The first-order valence-electron chi connectivity index (χ1n) is 8.92. The van der Waals surface area contributed by atoms with Gasteiger partial charge in [0.2, 0.25) is 0 Å². The third-order valence-electron chi connectivity index (χ3n) is 4.32. The summed E-state index contributed by atoms with van der Waals surface area (Å²) in [5, 5.41) is 3.15. The Morgan fingerprint density at radius 2 is 1.29 bits per heavy atom. The van der Waals surface area contributed by atoms with Crippen molar-refractivity contribution in [3.05, 3.63) is 107 Å². The van der Waals surface area contributed by atoms with Crippen LogP contribution in [0.4, 0.5) is 5.69 Å². The molecule has 0 saturated heterocycles. The van der Waals surface area contributed by atoms with Crippen molar-refractivity contribution in [1.82, 2.24) is 4.90 Å². The average molecular weight is 386 g/mol. The Hall–Kier alpha value is -3.31. The highest BCUT2D eigenvalue weighted by Gasteiger charge is 2.39. The summed E-state index contributed by atoms with van der Waals surface area (Å²) in [5.74, 6) is -0.586. The zero-order valence-corrected chi connectivity index (χ0v) is 15.9. The molecule has 3 aromatic rings. The molecule has 0 saturated carbocycles. The predicted molar refractivity (Wildman–Crippen MR) is 111 cm³/mol. The van der Waals surface area contributed by atoms with E-state index in [1.807, 2.05) is 91.0 Å². The minimum Gasteiger partial charge on any atom is -0.350 e. The first kappa shape index (κ1) is 18.1. The van der Waals surface area contributed by atoms with Crippen LogP contribution >= 0.6 is 11.8 Å². The molecule has 2 amide bonds. The van der Waals surface area contributed by atoms with Crippen molar-refractivity contribution in [2.45, 2.75) is 11.4 Å². The van der Waals surface area contributed by atoms with Crippen molar-refractivity contribution >= 4 is 29.3 Å². The van der Waals surface area contributed by atoms with E-state index in [2.05, 4.69) is 5.32 Å². The van der Waals surface area contributed by atoms with Gasteiger partial charge in [-0.25, -0.2) is 0 Å². The molecule has 4 rings (SSSR count). The van der Waals surface area contributed by atoms with E-state index in [1.165, 1.54) is 16.7 Å². The van der Waals surface area contributed by atoms with Gasteiger partial charge in [0.15, 0.2) is 0 Å². The number of carbonyl (C=O) groups is 2. The van der Waals surface area contributed by atoms with Gasteiger partial charge in [0.25, 0.3) is 11.8 Å². The Balaban J connectivity index is 1.67. The van der Waals surface area contributed by atoms with Gasteiger partial charge in [-0.1, -0.05) is 78.5 Å². The largest absolute Gasteiger partial charge is 0.350 e. The smallest absolute Gasteiger partial charge is 0.278 e. The summed E-state index contributed by atoms with van der Waals surface area (Å²) in [4.78, 5) is 28.8. The molecule has 1 heterocycles. The lowest BCUT2D eigenvalue weighted by Gasteiger charge is -2.15. The molecule has 0 bridgehead atoms. The first-order valence-corrected chi connectivity index (χ1v) is 9.73. The van der Waals surface area contributed by atoms with Crippen LogP contribution in [0.5, 0.6) is 0 Å². The number of benzene rings is 3. The van der Waals surface area contributed by atoms with Crippen LogP contribution in [-0.4, -0.2) is 16.7 Å². The molecular weight excluding hydrogens is 368 g/mol. The second-order valence-electron chi connectivity index (χ2n) is 6.29. The SMILES string of the molecule is O=C1C(Nc2ccccc2)=C(Sc2ccccc2)C(=O)N1Cc1ccccc1. The van der Waals surface area contributed by atoms with Crippen LogP contribution in [0.1, 0.15) is 5.56 Å². The van der Waals surface area contributed by atoms with Crippen molar-refractivity contribution < 1.29 is 9.59 Å². The predicted octanol–water partition coefficient (Wildman–Crippen LogP) is 4.67. The number of carbonyl (C=O) groups excluding carboxylic acids is 2. The molecule has 1 aliphatic heterocycles. The monoisotopic (exact) mass is 386 g/mol. The zero-order valence-electron chi connectivity index (χ0n) is 15.0. The summed E-state index contributed by atoms with van der Waals surface area (Å²) in [6, 6.07) is 28.5. The van der Waals surface area contributed by atoms with E-state index < -0.39 is 0 Å². The summed E-state index contributed by atoms with van der Waals surface area (Å²) >= 11 is 1.31. The van der Waals surface area contributed by atoms with Crippen LogP contribution in [0, 0.1) is 0 Å². The van der Waals surface area contributed by atoms with E-state index in [0.717, 1.165) is 16.1 Å². The summed E-state index contributed by atoms with van der Waals surface area (Å²) < 4.78 is 0. The van der Waals surface area contributed by atoms with E-state index in [-0.39, 0.29) is 18.4 Å². The fourth-order valence-corrected chi connectivity index (χ4v) is 3.91. The van der Waals surface area contributed by atoms with Crippen LogP contribution in [0.15, 0.2) is 106 Å². The lowest BCUT2D eigenvalue weighted by molar-refractivity contribution is -0.137. The molecule has 0 fully saturated rings. The summed E-state index contributed by atoms with van der Waals surface area (Å²) in [7, 11) is 0. The lowest BCUT2D eigenvalue weighted by atomic mass is 10.2. The van der Waals surface area contributed by atoms with Gasteiger partial charge in [0, 0.05) is 10.6 Å². The second-order valence-corrected chi connectivity index (χ2v) is 7.38. The Kier molecular flexibility index (Phi) is 5.26. The van der Waals surface area contributed by atoms with E-state index in [1.54, 1.807) is 0 Å². The molecule has 28 heavy (non-hydrogen) atoms. The van der Waals surface area contributed by atoms with Crippen LogP contribution in [0.3, 0.4) is 0 Å². The van der Waals surface area contributed by atoms with E-state index >= 15 is 0 Å². The normalized spacial score (nSPS) is 13.9. The van der Waals surface area contributed by atoms with Crippen LogP contribution in [0.2, 0.25) is 0 Å². The molecule has 0 atom stereocenters. The van der Waals surface area contributed by atoms with Crippen molar-refractivity contribution in [1.29, 1.82) is 0 Å². The van der Waals surface area contributed by atoms with Gasteiger partial charge in [-0.05, 0) is 29.8 Å². The number of imide groups is 1. The van der Waals surface area contributed by atoms with Crippen LogP contribution < -0.4 is 5.32 Å². The number of nitrogens with one attached hydrogen (secondary N) is 1. The van der Waals surface area contributed by atoms with Gasteiger partial charge in [-0.3, -0.25) is 14.5 Å². The molecule has 0 aromatic heterocycles. The van der Waals surface area contributed by atoms with Crippen LogP contribution in [-0.2, 0) is 16.1 Å². The molecule has 5 heteroatoms. The highest BCUT2D eigenvalue weighted by molar-refractivity contribution is 8.04. The number of thioether (sulfide) groups is 1. The maximum absolute atomic E-state index is 13.1. The summed E-state index contributed by atoms with van der Waals surface area (Å²) in [6.07, 6.45) is 0. The van der Waals surface area contributed by atoms with E-state index in [9.17, 15) is 9.59 Å². The number of rotatable bonds is 6. The quantitative estimate of drug-likeness (QED) is 0.626. The number of amides is 2.